The molecule has 8 nitrogen and oxygen atoms in total. The Morgan fingerprint density at radius 2 is 1.73 bits per heavy atom. The average molecular weight is 626 g/mol. The summed E-state index contributed by atoms with van der Waals surface area (Å²) in [6.45, 7) is 4.27. The molecule has 0 radical (unpaired) electrons. The molecule has 2 heterocycles. The van der Waals surface area contributed by atoms with Gasteiger partial charge in [0.15, 0.2) is 0 Å². The van der Waals surface area contributed by atoms with Gasteiger partial charge in [0.05, 0.1) is 33.7 Å². The summed E-state index contributed by atoms with van der Waals surface area (Å²) in [5.74, 6) is 0.297. The van der Waals surface area contributed by atoms with E-state index in [1.807, 2.05) is 25.1 Å². The quantitative estimate of drug-likeness (QED) is 0.458. The minimum atomic E-state index is -0.704. The second kappa shape index (κ2) is 15.1. The fourth-order valence-electron chi connectivity index (χ4n) is 5.45. The van der Waals surface area contributed by atoms with E-state index in [0.29, 0.717) is 86.2 Å². The molecule has 2 aromatic carbocycles. The summed E-state index contributed by atoms with van der Waals surface area (Å²) in [5.41, 5.74) is 8.10. The van der Waals surface area contributed by atoms with Crippen LogP contribution >= 0.6 is 35.6 Å². The molecule has 3 amide bonds. The van der Waals surface area contributed by atoms with Crippen molar-refractivity contribution in [3.05, 3.63) is 63.1 Å². The number of piperidine rings is 1. The van der Waals surface area contributed by atoms with Gasteiger partial charge in [-0.3, -0.25) is 14.4 Å². The summed E-state index contributed by atoms with van der Waals surface area (Å²) in [5, 5.41) is 6.99. The van der Waals surface area contributed by atoms with Gasteiger partial charge in [0, 0.05) is 26.2 Å². The molecule has 1 spiro atoms. The first-order valence-electron chi connectivity index (χ1n) is 14.0. The Bertz CT molecular complexity index is 1230. The summed E-state index contributed by atoms with van der Waals surface area (Å²) in [6.07, 6.45) is 4.34. The number of ether oxygens (including phenoxy) is 1. The predicted molar refractivity (Wildman–Crippen MR) is 164 cm³/mol. The summed E-state index contributed by atoms with van der Waals surface area (Å²) in [4.78, 5) is 41.2. The number of amides is 3. The molecule has 2 aliphatic heterocycles. The molecule has 1 atom stereocenters. The number of hydrogen-bond acceptors (Lipinski definition) is 5. The van der Waals surface area contributed by atoms with E-state index in [2.05, 4.69) is 10.6 Å². The van der Waals surface area contributed by atoms with Crippen LogP contribution in [0.3, 0.4) is 0 Å². The Morgan fingerprint density at radius 1 is 1.00 bits per heavy atom. The van der Waals surface area contributed by atoms with Crippen molar-refractivity contribution in [3.8, 4) is 5.75 Å². The maximum absolute atomic E-state index is 13.5. The van der Waals surface area contributed by atoms with Crippen LogP contribution in [0, 0.1) is 12.3 Å². The zero-order valence-corrected chi connectivity index (χ0v) is 25.7. The fourth-order valence-corrected chi connectivity index (χ4v) is 5.77. The number of hydrogen-bond donors (Lipinski definition) is 3. The monoisotopic (exact) mass is 624 g/mol. The van der Waals surface area contributed by atoms with Gasteiger partial charge in [-0.15, -0.1) is 12.4 Å². The van der Waals surface area contributed by atoms with Crippen LogP contribution in [-0.2, 0) is 16.0 Å². The molecule has 0 aromatic heterocycles. The Balaban J connectivity index is 0.00000462. The van der Waals surface area contributed by atoms with Crippen LogP contribution in [0.25, 0.3) is 0 Å². The lowest BCUT2D eigenvalue weighted by molar-refractivity contribution is -0.141. The first-order valence-corrected chi connectivity index (χ1v) is 14.7. The van der Waals surface area contributed by atoms with E-state index in [4.69, 9.17) is 33.7 Å². The van der Waals surface area contributed by atoms with Gasteiger partial charge in [-0.1, -0.05) is 41.8 Å². The maximum atomic E-state index is 13.5. The van der Waals surface area contributed by atoms with E-state index in [0.717, 1.165) is 24.0 Å². The Hall–Kier alpha value is -2.52. The molecule has 1 fully saturated rings. The molecule has 4 rings (SSSR count). The van der Waals surface area contributed by atoms with Crippen LogP contribution in [0.2, 0.25) is 10.0 Å². The van der Waals surface area contributed by atoms with E-state index in [1.165, 1.54) is 0 Å². The van der Waals surface area contributed by atoms with Crippen molar-refractivity contribution in [2.45, 2.75) is 57.9 Å². The number of carbonyl (C=O) groups excluding carboxylic acids is 3. The number of fused-ring (bicyclic) bond motifs is 1. The smallest absolute Gasteiger partial charge is 0.255 e. The Labute approximate surface area is 258 Å². The molecular weight excluding hydrogens is 587 g/mol. The third kappa shape index (κ3) is 8.51. The lowest BCUT2D eigenvalue weighted by Gasteiger charge is -2.41. The molecule has 0 unspecified atom stereocenters. The first-order chi connectivity index (χ1) is 19.2. The van der Waals surface area contributed by atoms with E-state index in [9.17, 15) is 14.4 Å². The van der Waals surface area contributed by atoms with Crippen LogP contribution in [-0.4, -0.2) is 61.4 Å². The van der Waals surface area contributed by atoms with Gasteiger partial charge in [0.2, 0.25) is 11.8 Å². The Kier molecular flexibility index (Phi) is 12.1. The lowest BCUT2D eigenvalue weighted by atomic mass is 9.73. The Morgan fingerprint density at radius 3 is 2.46 bits per heavy atom. The average Bonchev–Trinajstić information content (AvgIpc) is 2.94. The SMILES string of the molecule is Cc1ccc2c(c1)OCCCNC(=O)C1(CCCCNC2=O)CCN(C(=O)[C@H](N)Cc2ccc(Cl)c(Cl)c2)CC1.Cl. The highest BCUT2D eigenvalue weighted by atomic mass is 35.5. The zero-order chi connectivity index (χ0) is 28.7. The topological polar surface area (TPSA) is 114 Å². The zero-order valence-electron chi connectivity index (χ0n) is 23.3. The number of nitrogens with one attached hydrogen (secondary N) is 2. The second-order valence-electron chi connectivity index (χ2n) is 10.8. The third-order valence-electron chi connectivity index (χ3n) is 7.88. The molecule has 41 heavy (non-hydrogen) atoms. The number of nitrogens with two attached hydrogens (primary N) is 1. The van der Waals surface area contributed by atoms with E-state index in [-0.39, 0.29) is 30.1 Å². The normalized spacial score (nSPS) is 18.9. The van der Waals surface area contributed by atoms with Crippen molar-refractivity contribution in [2.24, 2.45) is 11.1 Å². The highest BCUT2D eigenvalue weighted by Crippen LogP contribution is 2.37. The number of carbonyl (C=O) groups is 3. The maximum Gasteiger partial charge on any atom is 0.255 e. The molecule has 0 bridgehead atoms. The van der Waals surface area contributed by atoms with Gasteiger partial charge in [0.1, 0.15) is 5.75 Å². The minimum Gasteiger partial charge on any atom is -0.493 e. The van der Waals surface area contributed by atoms with Crippen LogP contribution in [0.1, 0.15) is 60.0 Å². The van der Waals surface area contributed by atoms with Crippen LogP contribution in [0.4, 0.5) is 0 Å². The van der Waals surface area contributed by atoms with Gasteiger partial charge in [0.25, 0.3) is 5.91 Å². The summed E-state index contributed by atoms with van der Waals surface area (Å²) in [6, 6.07) is 10.1. The fraction of sp³-hybridized carbons (Fsp3) is 0.500. The molecular formula is C30H39Cl3N4O4. The van der Waals surface area contributed by atoms with Crippen LogP contribution in [0.5, 0.6) is 5.75 Å². The lowest BCUT2D eigenvalue weighted by Crippen LogP contribution is -2.53. The number of aryl methyl sites for hydroxylation is 1. The van der Waals surface area contributed by atoms with Gasteiger partial charge in [-0.05, 0) is 80.8 Å². The highest BCUT2D eigenvalue weighted by Gasteiger charge is 2.42. The summed E-state index contributed by atoms with van der Waals surface area (Å²) < 4.78 is 5.92. The number of nitrogens with zero attached hydrogens (tertiary/aromatic N) is 1. The van der Waals surface area contributed by atoms with Crippen molar-refractivity contribution in [1.29, 1.82) is 0 Å². The van der Waals surface area contributed by atoms with Gasteiger partial charge >= 0.3 is 0 Å². The molecule has 2 aliphatic rings. The largest absolute Gasteiger partial charge is 0.493 e. The van der Waals surface area contributed by atoms with Crippen LogP contribution in [0.15, 0.2) is 36.4 Å². The second-order valence-corrected chi connectivity index (χ2v) is 11.6. The molecule has 0 aliphatic carbocycles. The standard InChI is InChI=1S/C30H38Cl2N4O4.ClH/c1-20-5-7-22-26(17-20)40-16-4-13-35-29(39)30(9-2-3-12-34-27(22)37)10-14-36(15-11-30)28(38)25(33)19-21-6-8-23(31)24(32)18-21;/h5-8,17-18,25H,2-4,9-16,19,33H2,1H3,(H,34,37)(H,35,39);1H/t25-;/m1./s1. The number of likely N-dealkylation sites (tertiary alicyclic amines) is 1. The van der Waals surface area contributed by atoms with Gasteiger partial charge < -0.3 is 26.0 Å². The molecule has 0 saturated carbocycles. The van der Waals surface area contributed by atoms with Crippen molar-refractivity contribution in [1.82, 2.24) is 15.5 Å². The number of rotatable bonds is 3. The predicted octanol–water partition coefficient (Wildman–Crippen LogP) is 4.70. The van der Waals surface area contributed by atoms with Crippen molar-refractivity contribution >= 4 is 53.3 Å². The first kappa shape index (κ1) is 33.0. The molecule has 11 heteroatoms. The number of halogens is 3. The van der Waals surface area contributed by atoms with Crippen molar-refractivity contribution in [2.75, 3.05) is 32.8 Å². The van der Waals surface area contributed by atoms with E-state index in [1.54, 1.807) is 23.1 Å². The van der Waals surface area contributed by atoms with E-state index >= 15 is 0 Å². The van der Waals surface area contributed by atoms with Gasteiger partial charge in [-0.2, -0.15) is 0 Å². The highest BCUT2D eigenvalue weighted by molar-refractivity contribution is 6.42. The minimum absolute atomic E-state index is 0. The van der Waals surface area contributed by atoms with Gasteiger partial charge in [-0.25, -0.2) is 0 Å². The summed E-state index contributed by atoms with van der Waals surface area (Å²) in [7, 11) is 0. The van der Waals surface area contributed by atoms with Crippen molar-refractivity contribution < 1.29 is 19.1 Å². The van der Waals surface area contributed by atoms with Crippen LogP contribution < -0.4 is 21.1 Å². The number of benzene rings is 2. The molecule has 4 N–H and O–H groups in total. The third-order valence-corrected chi connectivity index (χ3v) is 8.62. The molecule has 224 valence electrons. The molecule has 2 aromatic rings. The summed E-state index contributed by atoms with van der Waals surface area (Å²) >= 11 is 12.1. The van der Waals surface area contributed by atoms with Crippen molar-refractivity contribution in [3.63, 3.8) is 0 Å². The molecule has 1 saturated heterocycles. The van der Waals surface area contributed by atoms with E-state index < -0.39 is 11.5 Å².